The van der Waals surface area contributed by atoms with Gasteiger partial charge in [0.15, 0.2) is 0 Å². The first-order valence-corrected chi connectivity index (χ1v) is 6.83. The average molecular weight is 353 g/mol. The summed E-state index contributed by atoms with van der Waals surface area (Å²) < 4.78 is 50.5. The maximum Gasteiger partial charge on any atom is 0.416 e. The van der Waals surface area contributed by atoms with Crippen molar-refractivity contribution in [3.63, 3.8) is 0 Å². The summed E-state index contributed by atoms with van der Waals surface area (Å²) in [4.78, 5) is 23.2. The number of halogens is 4. The second kappa shape index (κ2) is 7.56. The summed E-state index contributed by atoms with van der Waals surface area (Å²) in [6, 6.07) is 9.01. The second-order valence-electron chi connectivity index (χ2n) is 4.78. The minimum Gasteiger partial charge on any atom is -0.318 e. The molecule has 0 bridgehead atoms. The Morgan fingerprint density at radius 2 is 1.68 bits per heavy atom. The van der Waals surface area contributed by atoms with Crippen molar-refractivity contribution in [2.24, 2.45) is 5.10 Å². The van der Waals surface area contributed by atoms with Crippen LogP contribution in [0.15, 0.2) is 53.6 Å². The van der Waals surface area contributed by atoms with Crippen LogP contribution < -0.4 is 10.7 Å². The lowest BCUT2D eigenvalue weighted by Gasteiger charge is -2.09. The minimum atomic E-state index is -4.57. The van der Waals surface area contributed by atoms with E-state index in [4.69, 9.17) is 0 Å². The number of carbonyl (C=O) groups is 2. The molecule has 0 spiro atoms. The van der Waals surface area contributed by atoms with E-state index in [9.17, 15) is 27.2 Å². The molecular formula is C16H11F4N3O2. The Hall–Kier alpha value is -3.23. The summed E-state index contributed by atoms with van der Waals surface area (Å²) in [5.41, 5.74) is 1.24. The van der Waals surface area contributed by atoms with Crippen LogP contribution in [0.25, 0.3) is 0 Å². The van der Waals surface area contributed by atoms with Crippen molar-refractivity contribution >= 4 is 23.7 Å². The van der Waals surface area contributed by atoms with Crippen LogP contribution in [0.2, 0.25) is 0 Å². The van der Waals surface area contributed by atoms with Gasteiger partial charge in [0, 0.05) is 5.69 Å². The second-order valence-corrected chi connectivity index (χ2v) is 4.78. The molecule has 130 valence electrons. The molecule has 5 nitrogen and oxygen atoms in total. The van der Waals surface area contributed by atoms with Crippen LogP contribution in [-0.4, -0.2) is 18.0 Å². The lowest BCUT2D eigenvalue weighted by atomic mass is 10.2. The highest BCUT2D eigenvalue weighted by molar-refractivity contribution is 6.39. The third-order valence-corrected chi connectivity index (χ3v) is 2.90. The van der Waals surface area contributed by atoms with Crippen molar-refractivity contribution in [1.82, 2.24) is 5.43 Å². The van der Waals surface area contributed by atoms with E-state index in [0.717, 1.165) is 12.1 Å². The van der Waals surface area contributed by atoms with Crippen molar-refractivity contribution < 1.29 is 27.2 Å². The van der Waals surface area contributed by atoms with Crippen molar-refractivity contribution in [3.8, 4) is 0 Å². The van der Waals surface area contributed by atoms with Crippen molar-refractivity contribution in [1.29, 1.82) is 0 Å². The van der Waals surface area contributed by atoms with Crippen LogP contribution in [-0.2, 0) is 15.8 Å². The molecule has 0 saturated heterocycles. The smallest absolute Gasteiger partial charge is 0.318 e. The number of benzene rings is 2. The SMILES string of the molecule is O=C(N/N=C/c1ccc(F)cc1)C(=O)Nc1cccc(C(F)(F)F)c1. The molecule has 0 unspecified atom stereocenters. The fourth-order valence-corrected chi connectivity index (χ4v) is 1.73. The van der Waals surface area contributed by atoms with Gasteiger partial charge >= 0.3 is 18.0 Å². The number of hydrazone groups is 1. The van der Waals surface area contributed by atoms with Crippen molar-refractivity contribution in [2.45, 2.75) is 6.18 Å². The van der Waals surface area contributed by atoms with Gasteiger partial charge in [0.1, 0.15) is 5.82 Å². The molecule has 0 aliphatic rings. The Bertz CT molecular complexity index is 802. The zero-order valence-corrected chi connectivity index (χ0v) is 12.5. The maximum atomic E-state index is 12.7. The summed E-state index contributed by atoms with van der Waals surface area (Å²) in [6.07, 6.45) is -3.39. The Morgan fingerprint density at radius 1 is 1.00 bits per heavy atom. The number of nitrogens with one attached hydrogen (secondary N) is 2. The third kappa shape index (κ3) is 5.41. The molecule has 0 fully saturated rings. The summed E-state index contributed by atoms with van der Waals surface area (Å²) in [5, 5.41) is 5.54. The zero-order chi connectivity index (χ0) is 18.4. The predicted octanol–water partition coefficient (Wildman–Crippen LogP) is 2.93. The number of alkyl halides is 3. The summed E-state index contributed by atoms with van der Waals surface area (Å²) >= 11 is 0. The Labute approximate surface area is 139 Å². The highest BCUT2D eigenvalue weighted by Gasteiger charge is 2.30. The molecule has 0 atom stereocenters. The molecule has 2 aromatic rings. The molecule has 25 heavy (non-hydrogen) atoms. The first-order valence-electron chi connectivity index (χ1n) is 6.83. The number of hydrogen-bond acceptors (Lipinski definition) is 3. The monoisotopic (exact) mass is 353 g/mol. The van der Waals surface area contributed by atoms with E-state index >= 15 is 0 Å². The van der Waals surface area contributed by atoms with Gasteiger partial charge in [0.2, 0.25) is 0 Å². The van der Waals surface area contributed by atoms with E-state index < -0.39 is 29.4 Å². The van der Waals surface area contributed by atoms with Gasteiger partial charge < -0.3 is 5.32 Å². The molecule has 0 aromatic heterocycles. The lowest BCUT2D eigenvalue weighted by Crippen LogP contribution is -2.32. The maximum absolute atomic E-state index is 12.7. The minimum absolute atomic E-state index is 0.183. The molecule has 2 amide bonds. The molecule has 2 N–H and O–H groups in total. The van der Waals surface area contributed by atoms with Crippen LogP contribution in [0, 0.1) is 5.82 Å². The Morgan fingerprint density at radius 3 is 2.32 bits per heavy atom. The number of anilines is 1. The Balaban J connectivity index is 1.94. The van der Waals surface area contributed by atoms with Crippen LogP contribution >= 0.6 is 0 Å². The number of rotatable bonds is 3. The van der Waals surface area contributed by atoms with Gasteiger partial charge in [-0.05, 0) is 35.9 Å². The average Bonchev–Trinajstić information content (AvgIpc) is 2.56. The summed E-state index contributed by atoms with van der Waals surface area (Å²) in [5.74, 6) is -2.80. The van der Waals surface area contributed by atoms with Gasteiger partial charge in [-0.15, -0.1) is 0 Å². The van der Waals surface area contributed by atoms with Gasteiger partial charge in [-0.2, -0.15) is 18.3 Å². The molecule has 0 radical (unpaired) electrons. The standard InChI is InChI=1S/C16H11F4N3O2/c17-12-6-4-10(5-7-12)9-21-23-15(25)14(24)22-13-3-1-2-11(8-13)16(18,19)20/h1-9H,(H,22,24)(H,23,25)/b21-9+. The van der Waals surface area contributed by atoms with Gasteiger partial charge in [0.05, 0.1) is 11.8 Å². The molecule has 0 aliphatic heterocycles. The molecule has 2 aromatic carbocycles. The number of hydrogen-bond donors (Lipinski definition) is 2. The molecule has 9 heteroatoms. The Kier molecular flexibility index (Phi) is 5.48. The lowest BCUT2D eigenvalue weighted by molar-refractivity contribution is -0.137. The summed E-state index contributed by atoms with van der Waals surface area (Å²) in [7, 11) is 0. The molecule has 2 rings (SSSR count). The summed E-state index contributed by atoms with van der Waals surface area (Å²) in [6.45, 7) is 0. The first-order chi connectivity index (χ1) is 11.8. The molecule has 0 saturated carbocycles. The highest BCUT2D eigenvalue weighted by Crippen LogP contribution is 2.30. The predicted molar refractivity (Wildman–Crippen MR) is 82.2 cm³/mol. The van der Waals surface area contributed by atoms with E-state index in [2.05, 4.69) is 5.10 Å². The third-order valence-electron chi connectivity index (χ3n) is 2.90. The fraction of sp³-hybridized carbons (Fsp3) is 0.0625. The van der Waals surface area contributed by atoms with Crippen molar-refractivity contribution in [2.75, 3.05) is 5.32 Å². The van der Waals surface area contributed by atoms with Gasteiger partial charge in [-0.3, -0.25) is 9.59 Å². The zero-order valence-electron chi connectivity index (χ0n) is 12.5. The van der Waals surface area contributed by atoms with Crippen LogP contribution in [0.4, 0.5) is 23.2 Å². The number of carbonyl (C=O) groups excluding carboxylic acids is 2. The first kappa shape index (κ1) is 18.1. The topological polar surface area (TPSA) is 70.6 Å². The van der Waals surface area contributed by atoms with Crippen molar-refractivity contribution in [3.05, 3.63) is 65.5 Å². The molecule has 0 heterocycles. The highest BCUT2D eigenvalue weighted by atomic mass is 19.4. The van der Waals surface area contributed by atoms with Crippen LogP contribution in [0.5, 0.6) is 0 Å². The van der Waals surface area contributed by atoms with Crippen LogP contribution in [0.1, 0.15) is 11.1 Å². The quantitative estimate of drug-likeness (QED) is 0.386. The van der Waals surface area contributed by atoms with E-state index in [0.29, 0.717) is 11.6 Å². The van der Waals surface area contributed by atoms with E-state index in [1.165, 1.54) is 36.5 Å². The molecular weight excluding hydrogens is 342 g/mol. The largest absolute Gasteiger partial charge is 0.416 e. The van der Waals surface area contributed by atoms with Gasteiger partial charge in [-0.1, -0.05) is 18.2 Å². The van der Waals surface area contributed by atoms with E-state index in [-0.39, 0.29) is 5.69 Å². The van der Waals surface area contributed by atoms with E-state index in [1.807, 2.05) is 10.7 Å². The number of amides is 2. The van der Waals surface area contributed by atoms with Gasteiger partial charge in [-0.25, -0.2) is 9.82 Å². The number of nitrogens with zero attached hydrogens (tertiary/aromatic N) is 1. The fourth-order valence-electron chi connectivity index (χ4n) is 1.73. The van der Waals surface area contributed by atoms with E-state index in [1.54, 1.807) is 0 Å². The van der Waals surface area contributed by atoms with Crippen LogP contribution in [0.3, 0.4) is 0 Å². The van der Waals surface area contributed by atoms with Gasteiger partial charge in [0.25, 0.3) is 0 Å². The normalized spacial score (nSPS) is 11.4. The molecule has 0 aliphatic carbocycles.